The minimum absolute atomic E-state index is 0.203. The Morgan fingerprint density at radius 1 is 1.47 bits per heavy atom. The van der Waals surface area contributed by atoms with Crippen LogP contribution in [0.2, 0.25) is 5.02 Å². The second kappa shape index (κ2) is 5.36. The number of aliphatic hydroxyl groups is 1. The van der Waals surface area contributed by atoms with Crippen molar-refractivity contribution in [2.45, 2.75) is 25.0 Å². The van der Waals surface area contributed by atoms with E-state index < -0.39 is 5.60 Å². The van der Waals surface area contributed by atoms with E-state index in [1.165, 1.54) is 0 Å². The molecule has 2 N–H and O–H groups in total. The number of benzene rings is 1. The molecule has 0 amide bonds. The molecule has 2 rings (SSSR count). The summed E-state index contributed by atoms with van der Waals surface area (Å²) >= 11 is 5.84. The number of nitrogens with one attached hydrogen (secondary N) is 1. The van der Waals surface area contributed by atoms with Gasteiger partial charge in [-0.3, -0.25) is 0 Å². The molecule has 0 bridgehead atoms. The number of hydrogen-bond donors (Lipinski definition) is 2. The van der Waals surface area contributed by atoms with Crippen LogP contribution in [0.1, 0.15) is 18.9 Å². The van der Waals surface area contributed by atoms with Gasteiger partial charge in [0.25, 0.3) is 0 Å². The van der Waals surface area contributed by atoms with E-state index >= 15 is 0 Å². The summed E-state index contributed by atoms with van der Waals surface area (Å²) in [6.45, 7) is 4.08. The molecule has 1 aliphatic rings. The largest absolute Gasteiger partial charge is 0.385 e. The monoisotopic (exact) mass is 255 g/mol. The van der Waals surface area contributed by atoms with Crippen LogP contribution < -0.4 is 5.32 Å². The van der Waals surface area contributed by atoms with Crippen molar-refractivity contribution in [3.8, 4) is 0 Å². The molecule has 0 spiro atoms. The number of halogens is 1. The molecule has 4 heteroatoms. The summed E-state index contributed by atoms with van der Waals surface area (Å²) < 4.78 is 5.39. The van der Waals surface area contributed by atoms with E-state index in [2.05, 4.69) is 5.32 Å². The Labute approximate surface area is 107 Å². The quantitative estimate of drug-likeness (QED) is 0.867. The van der Waals surface area contributed by atoms with Crippen molar-refractivity contribution in [2.75, 3.05) is 19.8 Å². The van der Waals surface area contributed by atoms with E-state index in [4.69, 9.17) is 16.3 Å². The molecule has 17 heavy (non-hydrogen) atoms. The standard InChI is InChI=1S/C13H18ClNO2/c1-13(16,8-12-9-17-7-6-15-12)10-2-4-11(14)5-3-10/h2-5,12,15-16H,6-9H2,1H3. The van der Waals surface area contributed by atoms with Gasteiger partial charge in [-0.1, -0.05) is 23.7 Å². The number of hydrogen-bond acceptors (Lipinski definition) is 3. The smallest absolute Gasteiger partial charge is 0.0884 e. The summed E-state index contributed by atoms with van der Waals surface area (Å²) in [5.41, 5.74) is 0.0254. The highest BCUT2D eigenvalue weighted by Crippen LogP contribution is 2.27. The summed E-state index contributed by atoms with van der Waals surface area (Å²) in [5, 5.41) is 14.5. The first kappa shape index (κ1) is 12.8. The maximum atomic E-state index is 10.5. The lowest BCUT2D eigenvalue weighted by Gasteiger charge is -2.31. The topological polar surface area (TPSA) is 41.5 Å². The van der Waals surface area contributed by atoms with E-state index in [9.17, 15) is 5.11 Å². The zero-order chi connectivity index (χ0) is 12.3. The molecule has 1 heterocycles. The van der Waals surface area contributed by atoms with Gasteiger partial charge in [-0.25, -0.2) is 0 Å². The predicted molar refractivity (Wildman–Crippen MR) is 68.2 cm³/mol. The summed E-state index contributed by atoms with van der Waals surface area (Å²) in [6, 6.07) is 7.54. The van der Waals surface area contributed by atoms with Gasteiger partial charge in [0.15, 0.2) is 0 Å². The Hall–Kier alpha value is -0.610. The Morgan fingerprint density at radius 3 is 2.76 bits per heavy atom. The van der Waals surface area contributed by atoms with Crippen LogP contribution in [0.3, 0.4) is 0 Å². The summed E-state index contributed by atoms with van der Waals surface area (Å²) in [6.07, 6.45) is 0.634. The number of rotatable bonds is 3. The Morgan fingerprint density at radius 2 is 2.18 bits per heavy atom. The van der Waals surface area contributed by atoms with Gasteiger partial charge in [0.05, 0.1) is 18.8 Å². The fourth-order valence-electron chi connectivity index (χ4n) is 2.16. The number of morpholine rings is 1. The Bertz CT molecular complexity index is 358. The van der Waals surface area contributed by atoms with Gasteiger partial charge >= 0.3 is 0 Å². The van der Waals surface area contributed by atoms with E-state index in [0.29, 0.717) is 18.1 Å². The van der Waals surface area contributed by atoms with Crippen LogP contribution in [0.4, 0.5) is 0 Å². The first-order valence-electron chi connectivity index (χ1n) is 5.87. The molecule has 2 unspecified atom stereocenters. The zero-order valence-electron chi connectivity index (χ0n) is 9.95. The van der Waals surface area contributed by atoms with Gasteiger partial charge in [-0.15, -0.1) is 0 Å². The molecule has 3 nitrogen and oxygen atoms in total. The van der Waals surface area contributed by atoms with E-state index in [1.54, 1.807) is 12.1 Å². The SMILES string of the molecule is CC(O)(CC1COCCN1)c1ccc(Cl)cc1. The van der Waals surface area contributed by atoms with Crippen molar-refractivity contribution in [1.82, 2.24) is 5.32 Å². The maximum Gasteiger partial charge on any atom is 0.0884 e. The van der Waals surface area contributed by atoms with Crippen LogP contribution in [0.25, 0.3) is 0 Å². The molecule has 0 aliphatic carbocycles. The molecule has 1 aromatic rings. The zero-order valence-corrected chi connectivity index (χ0v) is 10.7. The van der Waals surface area contributed by atoms with Crippen LogP contribution in [-0.2, 0) is 10.3 Å². The van der Waals surface area contributed by atoms with Gasteiger partial charge in [-0.05, 0) is 31.0 Å². The lowest BCUT2D eigenvalue weighted by molar-refractivity contribution is 0.00322. The van der Waals surface area contributed by atoms with E-state index in [-0.39, 0.29) is 6.04 Å². The van der Waals surface area contributed by atoms with Crippen molar-refractivity contribution in [3.63, 3.8) is 0 Å². The molecule has 0 aromatic heterocycles. The highest BCUT2D eigenvalue weighted by atomic mass is 35.5. The van der Waals surface area contributed by atoms with Crippen LogP contribution in [0.15, 0.2) is 24.3 Å². The lowest BCUT2D eigenvalue weighted by Crippen LogP contribution is -2.45. The van der Waals surface area contributed by atoms with Crippen LogP contribution in [-0.4, -0.2) is 30.9 Å². The van der Waals surface area contributed by atoms with Crippen LogP contribution >= 0.6 is 11.6 Å². The van der Waals surface area contributed by atoms with Gasteiger partial charge in [-0.2, -0.15) is 0 Å². The molecule has 1 aromatic carbocycles. The first-order chi connectivity index (χ1) is 8.08. The van der Waals surface area contributed by atoms with Crippen molar-refractivity contribution in [2.24, 2.45) is 0 Å². The molecule has 2 atom stereocenters. The number of ether oxygens (including phenoxy) is 1. The highest BCUT2D eigenvalue weighted by molar-refractivity contribution is 6.30. The third-order valence-corrected chi connectivity index (χ3v) is 3.36. The second-order valence-electron chi connectivity index (χ2n) is 4.71. The van der Waals surface area contributed by atoms with Crippen molar-refractivity contribution < 1.29 is 9.84 Å². The molecular formula is C13H18ClNO2. The van der Waals surface area contributed by atoms with E-state index in [1.807, 2.05) is 19.1 Å². The van der Waals surface area contributed by atoms with Gasteiger partial charge < -0.3 is 15.2 Å². The summed E-state index contributed by atoms with van der Waals surface area (Å²) in [7, 11) is 0. The minimum Gasteiger partial charge on any atom is -0.385 e. The van der Waals surface area contributed by atoms with Crippen molar-refractivity contribution >= 4 is 11.6 Å². The van der Waals surface area contributed by atoms with Gasteiger partial charge in [0.2, 0.25) is 0 Å². The lowest BCUT2D eigenvalue weighted by atomic mass is 9.89. The predicted octanol–water partition coefficient (Wildman–Crippen LogP) is 1.93. The second-order valence-corrected chi connectivity index (χ2v) is 5.15. The van der Waals surface area contributed by atoms with E-state index in [0.717, 1.165) is 18.7 Å². The fraction of sp³-hybridized carbons (Fsp3) is 0.538. The Kier molecular flexibility index (Phi) is 4.05. The fourth-order valence-corrected chi connectivity index (χ4v) is 2.28. The molecule has 1 aliphatic heterocycles. The van der Waals surface area contributed by atoms with Crippen LogP contribution in [0.5, 0.6) is 0 Å². The third kappa shape index (κ3) is 3.42. The summed E-state index contributed by atoms with van der Waals surface area (Å²) in [5.74, 6) is 0. The maximum absolute atomic E-state index is 10.5. The minimum atomic E-state index is -0.858. The van der Waals surface area contributed by atoms with Crippen molar-refractivity contribution in [3.05, 3.63) is 34.9 Å². The average Bonchev–Trinajstić information content (AvgIpc) is 2.30. The Balaban J connectivity index is 2.04. The van der Waals surface area contributed by atoms with Crippen LogP contribution in [0, 0.1) is 0 Å². The average molecular weight is 256 g/mol. The third-order valence-electron chi connectivity index (χ3n) is 3.11. The van der Waals surface area contributed by atoms with Crippen molar-refractivity contribution in [1.29, 1.82) is 0 Å². The van der Waals surface area contributed by atoms with Gasteiger partial charge in [0.1, 0.15) is 0 Å². The molecule has 0 radical (unpaired) electrons. The molecular weight excluding hydrogens is 238 g/mol. The highest BCUT2D eigenvalue weighted by Gasteiger charge is 2.28. The normalized spacial score (nSPS) is 24.3. The molecule has 0 saturated carbocycles. The molecule has 1 fully saturated rings. The molecule has 1 saturated heterocycles. The molecule has 94 valence electrons. The first-order valence-corrected chi connectivity index (χ1v) is 6.25. The van der Waals surface area contributed by atoms with Gasteiger partial charge in [0, 0.05) is 17.6 Å². The summed E-state index contributed by atoms with van der Waals surface area (Å²) in [4.78, 5) is 0.